The first-order chi connectivity index (χ1) is 6.33. The van der Waals surface area contributed by atoms with Gasteiger partial charge in [0.1, 0.15) is 5.75 Å². The summed E-state index contributed by atoms with van der Waals surface area (Å²) in [5.74, 6) is 0.973. The molecule has 0 bridgehead atoms. The van der Waals surface area contributed by atoms with E-state index in [0.29, 0.717) is 6.61 Å². The maximum Gasteiger partial charge on any atom is 0.128 e. The highest BCUT2D eigenvalue weighted by Crippen LogP contribution is 2.25. The summed E-state index contributed by atoms with van der Waals surface area (Å²) in [6.45, 7) is 2.72. The van der Waals surface area contributed by atoms with Gasteiger partial charge in [0.25, 0.3) is 0 Å². The van der Waals surface area contributed by atoms with Crippen molar-refractivity contribution in [2.24, 2.45) is 7.05 Å². The molecule has 0 radical (unpaired) electrons. The molecule has 0 aliphatic carbocycles. The van der Waals surface area contributed by atoms with Crippen molar-refractivity contribution >= 4 is 10.9 Å². The normalized spacial score (nSPS) is 10.6. The van der Waals surface area contributed by atoms with Crippen LogP contribution >= 0.6 is 0 Å². The van der Waals surface area contributed by atoms with E-state index in [2.05, 4.69) is 16.7 Å². The SMILES string of the molecule is CCOc1cccc2c1ccn2C. The number of aryl methyl sites for hydroxylation is 1. The summed E-state index contributed by atoms with van der Waals surface area (Å²) in [6.07, 6.45) is 2.05. The Hall–Kier alpha value is -1.44. The van der Waals surface area contributed by atoms with Crippen molar-refractivity contribution in [1.29, 1.82) is 0 Å². The van der Waals surface area contributed by atoms with Gasteiger partial charge in [0.15, 0.2) is 0 Å². The molecule has 1 heterocycles. The highest BCUT2D eigenvalue weighted by Gasteiger charge is 2.02. The van der Waals surface area contributed by atoms with Crippen molar-refractivity contribution in [1.82, 2.24) is 4.57 Å². The molecule has 0 N–H and O–H groups in total. The highest BCUT2D eigenvalue weighted by atomic mass is 16.5. The second kappa shape index (κ2) is 3.13. The van der Waals surface area contributed by atoms with Gasteiger partial charge in [-0.3, -0.25) is 0 Å². The molecule has 0 unspecified atom stereocenters. The van der Waals surface area contributed by atoms with Crippen LogP contribution in [0.15, 0.2) is 30.5 Å². The van der Waals surface area contributed by atoms with Gasteiger partial charge in [0, 0.05) is 18.6 Å². The number of hydrogen-bond acceptors (Lipinski definition) is 1. The van der Waals surface area contributed by atoms with Crippen LogP contribution in [0.2, 0.25) is 0 Å². The Bertz CT molecular complexity index is 417. The quantitative estimate of drug-likeness (QED) is 0.684. The van der Waals surface area contributed by atoms with Gasteiger partial charge in [0.2, 0.25) is 0 Å². The third kappa shape index (κ3) is 1.28. The zero-order chi connectivity index (χ0) is 9.26. The van der Waals surface area contributed by atoms with Crippen LogP contribution in [0.4, 0.5) is 0 Å². The highest BCUT2D eigenvalue weighted by molar-refractivity contribution is 5.86. The number of nitrogens with zero attached hydrogens (tertiary/aromatic N) is 1. The average Bonchev–Trinajstić information content (AvgIpc) is 2.50. The molecule has 2 heteroatoms. The van der Waals surface area contributed by atoms with E-state index in [9.17, 15) is 0 Å². The van der Waals surface area contributed by atoms with Gasteiger partial charge in [0.05, 0.1) is 12.1 Å². The molecule has 2 aromatic rings. The summed E-state index contributed by atoms with van der Waals surface area (Å²) in [4.78, 5) is 0. The van der Waals surface area contributed by atoms with E-state index < -0.39 is 0 Å². The average molecular weight is 175 g/mol. The predicted molar refractivity (Wildman–Crippen MR) is 54.1 cm³/mol. The first kappa shape index (κ1) is 8.17. The van der Waals surface area contributed by atoms with Crippen molar-refractivity contribution in [3.05, 3.63) is 30.5 Å². The Morgan fingerprint density at radius 2 is 2.15 bits per heavy atom. The molecule has 2 rings (SSSR count). The predicted octanol–water partition coefficient (Wildman–Crippen LogP) is 2.58. The first-order valence-corrected chi connectivity index (χ1v) is 4.49. The molecule has 0 saturated heterocycles. The molecular weight excluding hydrogens is 162 g/mol. The van der Waals surface area contributed by atoms with Gasteiger partial charge in [-0.2, -0.15) is 0 Å². The molecule has 0 amide bonds. The minimum absolute atomic E-state index is 0.716. The van der Waals surface area contributed by atoms with Crippen molar-refractivity contribution < 1.29 is 4.74 Å². The summed E-state index contributed by atoms with van der Waals surface area (Å²) in [5, 5.41) is 1.19. The van der Waals surface area contributed by atoms with Crippen LogP contribution in [0.3, 0.4) is 0 Å². The molecule has 1 aromatic carbocycles. The van der Waals surface area contributed by atoms with Crippen LogP contribution in [0.5, 0.6) is 5.75 Å². The van der Waals surface area contributed by atoms with Gasteiger partial charge in [-0.1, -0.05) is 6.07 Å². The lowest BCUT2D eigenvalue weighted by Gasteiger charge is -2.04. The van der Waals surface area contributed by atoms with Crippen LogP contribution < -0.4 is 4.74 Å². The van der Waals surface area contributed by atoms with Gasteiger partial charge in [-0.15, -0.1) is 0 Å². The molecule has 0 spiro atoms. The largest absolute Gasteiger partial charge is 0.493 e. The number of benzene rings is 1. The molecule has 0 fully saturated rings. The summed E-state index contributed by atoms with van der Waals surface area (Å²) in [6, 6.07) is 8.21. The van der Waals surface area contributed by atoms with Crippen LogP contribution in [-0.2, 0) is 7.05 Å². The van der Waals surface area contributed by atoms with Crippen molar-refractivity contribution in [3.8, 4) is 5.75 Å². The zero-order valence-corrected chi connectivity index (χ0v) is 7.95. The number of ether oxygens (including phenoxy) is 1. The van der Waals surface area contributed by atoms with Gasteiger partial charge >= 0.3 is 0 Å². The number of hydrogen-bond donors (Lipinski definition) is 0. The molecule has 0 aliphatic rings. The smallest absolute Gasteiger partial charge is 0.128 e. The Balaban J connectivity index is 2.63. The van der Waals surface area contributed by atoms with Crippen molar-refractivity contribution in [2.75, 3.05) is 6.61 Å². The van der Waals surface area contributed by atoms with Crippen LogP contribution in [0.25, 0.3) is 10.9 Å². The second-order valence-electron chi connectivity index (χ2n) is 3.05. The van der Waals surface area contributed by atoms with E-state index in [1.807, 2.05) is 32.3 Å². The Morgan fingerprint density at radius 3 is 2.92 bits per heavy atom. The summed E-state index contributed by atoms with van der Waals surface area (Å²) >= 11 is 0. The van der Waals surface area contributed by atoms with Gasteiger partial charge < -0.3 is 9.30 Å². The zero-order valence-electron chi connectivity index (χ0n) is 7.95. The minimum atomic E-state index is 0.716. The third-order valence-corrected chi connectivity index (χ3v) is 2.19. The van der Waals surface area contributed by atoms with E-state index in [1.54, 1.807) is 0 Å². The maximum absolute atomic E-state index is 5.52. The van der Waals surface area contributed by atoms with Crippen LogP contribution in [0, 0.1) is 0 Å². The Labute approximate surface area is 77.7 Å². The molecule has 0 saturated carbocycles. The molecule has 1 aromatic heterocycles. The molecule has 0 aliphatic heterocycles. The molecule has 68 valence electrons. The molecule has 2 nitrogen and oxygen atoms in total. The summed E-state index contributed by atoms with van der Waals surface area (Å²) in [7, 11) is 2.04. The number of aromatic nitrogens is 1. The monoisotopic (exact) mass is 175 g/mol. The van der Waals surface area contributed by atoms with E-state index in [1.165, 1.54) is 10.9 Å². The number of rotatable bonds is 2. The van der Waals surface area contributed by atoms with E-state index >= 15 is 0 Å². The fourth-order valence-electron chi connectivity index (χ4n) is 1.56. The lowest BCUT2D eigenvalue weighted by atomic mass is 10.2. The van der Waals surface area contributed by atoms with Crippen molar-refractivity contribution in [3.63, 3.8) is 0 Å². The molecular formula is C11H13NO. The Morgan fingerprint density at radius 1 is 1.31 bits per heavy atom. The van der Waals surface area contributed by atoms with Gasteiger partial charge in [-0.05, 0) is 25.1 Å². The minimum Gasteiger partial charge on any atom is -0.493 e. The van der Waals surface area contributed by atoms with Crippen LogP contribution in [0.1, 0.15) is 6.92 Å². The topological polar surface area (TPSA) is 14.2 Å². The summed E-state index contributed by atoms with van der Waals surface area (Å²) in [5.41, 5.74) is 1.21. The fraction of sp³-hybridized carbons (Fsp3) is 0.273. The lowest BCUT2D eigenvalue weighted by molar-refractivity contribution is 0.344. The Kier molecular flexibility index (Phi) is 1.97. The van der Waals surface area contributed by atoms with Crippen molar-refractivity contribution in [2.45, 2.75) is 6.92 Å². The summed E-state index contributed by atoms with van der Waals surface area (Å²) < 4.78 is 7.61. The van der Waals surface area contributed by atoms with Gasteiger partial charge in [-0.25, -0.2) is 0 Å². The second-order valence-corrected chi connectivity index (χ2v) is 3.05. The molecule has 0 atom stereocenters. The standard InChI is InChI=1S/C11H13NO/c1-3-13-11-6-4-5-10-9(11)7-8-12(10)2/h4-8H,3H2,1-2H3. The third-order valence-electron chi connectivity index (χ3n) is 2.19. The number of fused-ring (bicyclic) bond motifs is 1. The van der Waals surface area contributed by atoms with E-state index in [0.717, 1.165) is 5.75 Å². The lowest BCUT2D eigenvalue weighted by Crippen LogP contribution is -1.91. The first-order valence-electron chi connectivity index (χ1n) is 4.49. The van der Waals surface area contributed by atoms with E-state index in [-0.39, 0.29) is 0 Å². The van der Waals surface area contributed by atoms with Crippen LogP contribution in [-0.4, -0.2) is 11.2 Å². The maximum atomic E-state index is 5.52. The fourth-order valence-corrected chi connectivity index (χ4v) is 1.56. The van der Waals surface area contributed by atoms with E-state index in [4.69, 9.17) is 4.74 Å². The molecule has 13 heavy (non-hydrogen) atoms.